The molecular weight excluding hydrogens is 635 g/mol. The number of nitrogens with zero attached hydrogens (tertiary/aromatic N) is 1. The lowest BCUT2D eigenvalue weighted by atomic mass is 9.68. The van der Waals surface area contributed by atoms with Crippen molar-refractivity contribution in [2.45, 2.75) is 49.8 Å². The number of thiol groups is 1. The summed E-state index contributed by atoms with van der Waals surface area (Å²) >= 11 is 5.09. The van der Waals surface area contributed by atoms with Crippen molar-refractivity contribution in [1.29, 1.82) is 0 Å². The minimum atomic E-state index is -0.384. The summed E-state index contributed by atoms with van der Waals surface area (Å²) in [7, 11) is 0. The first-order valence-electron chi connectivity index (χ1n) is 17.8. The van der Waals surface area contributed by atoms with Crippen molar-refractivity contribution in [3.63, 3.8) is 0 Å². The highest BCUT2D eigenvalue weighted by Crippen LogP contribution is 2.45. The number of rotatable bonds is 10. The standard InChI is InChI=1S/C49H49NS/c1-5-8-10-15-25-40-26-22-35-49(46-31-18-19-33-48(46)51,34-20-12-14-24-39(4)36-40)42(23-7-3)37-41-27-21-32-47-45(41)38-44(30-13-9-6-2)50(47)43-28-16-11-17-29-43/h5-13,15-23,25-33,36-38,51H,1,4,14,24,34-35H2,2-3H3/b9-6-,10-8-,20-12-,23-7-,25-15?,26-22-,30-13-,40-36-,42-37+. The SMILES string of the molecule is C=C/C=C\C=CC1=C/C(=C)CC/C=C\CC(C(/C=C\C)=C/c2cccc3c2cc(/C=C\C=C/C)n3-c2ccccc2)(c2ccccc2S)C/C=C\1. The second-order valence-corrected chi connectivity index (χ2v) is 13.2. The Hall–Kier alpha value is -5.31. The first-order valence-corrected chi connectivity index (χ1v) is 18.2. The van der Waals surface area contributed by atoms with Gasteiger partial charge in [0.2, 0.25) is 0 Å². The summed E-state index contributed by atoms with van der Waals surface area (Å²) in [6, 6.07) is 28.2. The maximum Gasteiger partial charge on any atom is 0.0540 e. The first-order chi connectivity index (χ1) is 25.0. The van der Waals surface area contributed by atoms with Gasteiger partial charge in [0.1, 0.15) is 0 Å². The molecule has 51 heavy (non-hydrogen) atoms. The number of para-hydroxylation sites is 1. The highest BCUT2D eigenvalue weighted by atomic mass is 32.1. The Bertz CT molecular complexity index is 2100. The predicted octanol–water partition coefficient (Wildman–Crippen LogP) is 13.9. The fourth-order valence-corrected chi connectivity index (χ4v) is 7.13. The fraction of sp³-hybridized carbons (Fsp3) is 0.143. The third kappa shape index (κ3) is 9.28. The van der Waals surface area contributed by atoms with Crippen LogP contribution < -0.4 is 0 Å². The van der Waals surface area contributed by atoms with Gasteiger partial charge in [-0.15, -0.1) is 12.6 Å². The molecule has 0 fully saturated rings. The summed E-state index contributed by atoms with van der Waals surface area (Å²) in [6.07, 6.45) is 40.1. The second-order valence-electron chi connectivity index (χ2n) is 12.7. The van der Waals surface area contributed by atoms with Gasteiger partial charge >= 0.3 is 0 Å². The molecule has 5 rings (SSSR count). The number of hydrogen-bond donors (Lipinski definition) is 1. The van der Waals surface area contributed by atoms with Crippen molar-refractivity contribution < 1.29 is 0 Å². The average Bonchev–Trinajstić information content (AvgIpc) is 3.51. The van der Waals surface area contributed by atoms with Gasteiger partial charge in [0.05, 0.1) is 5.52 Å². The Kier molecular flexibility index (Phi) is 13.5. The Morgan fingerprint density at radius 2 is 1.59 bits per heavy atom. The van der Waals surface area contributed by atoms with Gasteiger partial charge in [0.15, 0.2) is 0 Å². The van der Waals surface area contributed by atoms with E-state index in [-0.39, 0.29) is 5.41 Å². The van der Waals surface area contributed by atoms with E-state index in [4.69, 9.17) is 12.6 Å². The van der Waals surface area contributed by atoms with Gasteiger partial charge in [-0.1, -0.05) is 164 Å². The molecule has 1 unspecified atom stereocenters. The van der Waals surface area contributed by atoms with Crippen molar-refractivity contribution >= 4 is 35.7 Å². The quantitative estimate of drug-likeness (QED) is 0.0964. The summed E-state index contributed by atoms with van der Waals surface area (Å²) in [5, 5.41) is 1.21. The Balaban J connectivity index is 1.75. The highest BCUT2D eigenvalue weighted by molar-refractivity contribution is 7.80. The number of benzene rings is 3. The van der Waals surface area contributed by atoms with Crippen LogP contribution in [0.1, 0.15) is 56.4 Å². The molecule has 0 amide bonds. The van der Waals surface area contributed by atoms with Gasteiger partial charge in [0.25, 0.3) is 0 Å². The topological polar surface area (TPSA) is 4.93 Å². The zero-order valence-electron chi connectivity index (χ0n) is 30.0. The van der Waals surface area contributed by atoms with Crippen molar-refractivity contribution in [3.8, 4) is 5.69 Å². The maximum absolute atomic E-state index is 5.09. The van der Waals surface area contributed by atoms with Gasteiger partial charge in [-0.05, 0) is 98.2 Å². The maximum atomic E-state index is 5.09. The zero-order chi connectivity index (χ0) is 35.9. The molecule has 0 aliphatic heterocycles. The van der Waals surface area contributed by atoms with Crippen LogP contribution in [0.2, 0.25) is 0 Å². The van der Waals surface area contributed by atoms with Crippen LogP contribution in [0.25, 0.3) is 28.7 Å². The van der Waals surface area contributed by atoms with Crippen LogP contribution in [0.15, 0.2) is 205 Å². The van der Waals surface area contributed by atoms with E-state index in [0.717, 1.165) is 53.1 Å². The fourth-order valence-electron chi connectivity index (χ4n) is 6.76. The average molecular weight is 684 g/mol. The third-order valence-corrected chi connectivity index (χ3v) is 9.57. The summed E-state index contributed by atoms with van der Waals surface area (Å²) in [4.78, 5) is 0.991. The smallest absolute Gasteiger partial charge is 0.0540 e. The lowest BCUT2D eigenvalue weighted by Gasteiger charge is -2.36. The van der Waals surface area contributed by atoms with E-state index in [2.05, 4.69) is 189 Å². The number of aromatic nitrogens is 1. The molecule has 1 aliphatic rings. The minimum Gasteiger partial charge on any atom is -0.310 e. The van der Waals surface area contributed by atoms with Crippen LogP contribution in [-0.2, 0) is 5.41 Å². The van der Waals surface area contributed by atoms with Gasteiger partial charge in [-0.3, -0.25) is 0 Å². The van der Waals surface area contributed by atoms with Gasteiger partial charge in [-0.2, -0.15) is 0 Å². The number of hydrogen-bond acceptors (Lipinski definition) is 1. The van der Waals surface area contributed by atoms with Crippen molar-refractivity contribution in [2.24, 2.45) is 0 Å². The Morgan fingerprint density at radius 3 is 2.37 bits per heavy atom. The summed E-state index contributed by atoms with van der Waals surface area (Å²) < 4.78 is 2.35. The van der Waals surface area contributed by atoms with E-state index in [9.17, 15) is 0 Å². The molecule has 2 heteroatoms. The molecule has 1 nitrogen and oxygen atoms in total. The normalized spacial score (nSPS) is 20.3. The van der Waals surface area contributed by atoms with Crippen molar-refractivity contribution in [2.75, 3.05) is 0 Å². The number of allylic oxidation sites excluding steroid dienone is 18. The summed E-state index contributed by atoms with van der Waals surface area (Å²) in [5.41, 5.74) is 8.93. The molecule has 1 heterocycles. The summed E-state index contributed by atoms with van der Waals surface area (Å²) in [6.45, 7) is 12.3. The Morgan fingerprint density at radius 1 is 0.804 bits per heavy atom. The van der Waals surface area contributed by atoms with Crippen LogP contribution in [0.5, 0.6) is 0 Å². The first kappa shape index (κ1) is 37.0. The monoisotopic (exact) mass is 683 g/mol. The molecule has 1 atom stereocenters. The molecular formula is C49H49NS. The zero-order valence-corrected chi connectivity index (χ0v) is 30.9. The minimum absolute atomic E-state index is 0.384. The molecule has 1 aliphatic carbocycles. The van der Waals surface area contributed by atoms with E-state index in [1.807, 2.05) is 19.1 Å². The lowest BCUT2D eigenvalue weighted by molar-refractivity contribution is 0.519. The molecule has 0 N–H and O–H groups in total. The second kappa shape index (κ2) is 18.6. The van der Waals surface area contributed by atoms with Crippen LogP contribution in [0.3, 0.4) is 0 Å². The third-order valence-electron chi connectivity index (χ3n) is 9.18. The van der Waals surface area contributed by atoms with E-state index >= 15 is 0 Å². The molecule has 0 bridgehead atoms. The van der Waals surface area contributed by atoms with Crippen LogP contribution >= 0.6 is 12.6 Å². The van der Waals surface area contributed by atoms with Crippen LogP contribution in [-0.4, -0.2) is 4.57 Å². The highest BCUT2D eigenvalue weighted by Gasteiger charge is 2.35. The van der Waals surface area contributed by atoms with Crippen LogP contribution in [0.4, 0.5) is 0 Å². The molecule has 1 aromatic heterocycles. The Labute approximate surface area is 311 Å². The molecule has 4 aromatic rings. The predicted molar refractivity (Wildman–Crippen MR) is 228 cm³/mol. The lowest BCUT2D eigenvalue weighted by Crippen LogP contribution is -2.28. The van der Waals surface area contributed by atoms with Gasteiger partial charge in [-0.25, -0.2) is 0 Å². The number of fused-ring (bicyclic) bond motifs is 1. The van der Waals surface area contributed by atoms with Crippen LogP contribution in [0, 0.1) is 0 Å². The van der Waals surface area contributed by atoms with Gasteiger partial charge < -0.3 is 4.57 Å². The molecule has 0 spiro atoms. The molecule has 0 saturated carbocycles. The van der Waals surface area contributed by atoms with Crippen molar-refractivity contribution in [3.05, 3.63) is 217 Å². The van der Waals surface area contributed by atoms with E-state index in [0.29, 0.717) is 0 Å². The van der Waals surface area contributed by atoms with E-state index in [1.54, 1.807) is 6.08 Å². The molecule has 0 saturated heterocycles. The largest absolute Gasteiger partial charge is 0.310 e. The summed E-state index contributed by atoms with van der Waals surface area (Å²) in [5.74, 6) is 0. The van der Waals surface area contributed by atoms with Crippen molar-refractivity contribution in [1.82, 2.24) is 4.57 Å². The van der Waals surface area contributed by atoms with E-state index < -0.39 is 0 Å². The molecule has 256 valence electrons. The van der Waals surface area contributed by atoms with Gasteiger partial charge in [0, 0.05) is 27.1 Å². The van der Waals surface area contributed by atoms with E-state index in [1.165, 1.54) is 27.6 Å². The molecule has 3 aromatic carbocycles. The molecule has 0 radical (unpaired) electrons.